The molecule has 0 saturated carbocycles. The van der Waals surface area contributed by atoms with Crippen LogP contribution in [0, 0.1) is 0 Å². The molecule has 0 amide bonds. The number of anilines is 3. The second-order valence-electron chi connectivity index (χ2n) is 11.7. The first-order valence-corrected chi connectivity index (χ1v) is 17.2. The molecule has 2 nitrogen and oxygen atoms in total. The maximum atomic E-state index is 2.43. The van der Waals surface area contributed by atoms with Gasteiger partial charge in [0.15, 0.2) is 0 Å². The molecule has 0 spiro atoms. The fourth-order valence-corrected chi connectivity index (χ4v) is 9.78. The summed E-state index contributed by atoms with van der Waals surface area (Å²) in [6, 6.07) is 57.3. The summed E-state index contributed by atoms with van der Waals surface area (Å²) in [5.74, 6) is 0. The van der Waals surface area contributed by atoms with E-state index in [1.54, 1.807) is 0 Å². The summed E-state index contributed by atoms with van der Waals surface area (Å²) in [6.07, 6.45) is 0. The van der Waals surface area contributed by atoms with E-state index in [9.17, 15) is 0 Å². The van der Waals surface area contributed by atoms with Crippen molar-refractivity contribution in [1.29, 1.82) is 0 Å². The number of rotatable bonds is 4. The van der Waals surface area contributed by atoms with Crippen molar-refractivity contribution in [2.24, 2.45) is 0 Å². The van der Waals surface area contributed by atoms with Crippen molar-refractivity contribution in [3.63, 3.8) is 0 Å². The van der Waals surface area contributed by atoms with Crippen LogP contribution in [-0.2, 0) is 0 Å². The highest BCUT2D eigenvalue weighted by Crippen LogP contribution is 2.49. The Morgan fingerprint density at radius 1 is 0.391 bits per heavy atom. The highest BCUT2D eigenvalue weighted by atomic mass is 32.1. The van der Waals surface area contributed by atoms with Gasteiger partial charge in [-0.05, 0) is 72.8 Å². The molecule has 3 aromatic heterocycles. The van der Waals surface area contributed by atoms with Crippen LogP contribution in [0.4, 0.5) is 17.1 Å². The molecular formula is C42H26N2S2. The number of hydrogen-bond acceptors (Lipinski definition) is 3. The van der Waals surface area contributed by atoms with Gasteiger partial charge in [-0.3, -0.25) is 0 Å². The first kappa shape index (κ1) is 25.9. The van der Waals surface area contributed by atoms with E-state index in [2.05, 4.69) is 167 Å². The second kappa shape index (κ2) is 10.0. The van der Waals surface area contributed by atoms with Gasteiger partial charge in [0.1, 0.15) is 0 Å². The maximum Gasteiger partial charge on any atom is 0.0555 e. The average molecular weight is 623 g/mol. The van der Waals surface area contributed by atoms with Gasteiger partial charge in [0.25, 0.3) is 0 Å². The number of para-hydroxylation sites is 3. The van der Waals surface area contributed by atoms with Crippen LogP contribution in [0.2, 0.25) is 0 Å². The number of nitrogens with zero attached hydrogens (tertiary/aromatic N) is 2. The molecule has 0 saturated heterocycles. The third-order valence-corrected chi connectivity index (χ3v) is 11.6. The molecule has 0 aliphatic rings. The molecule has 0 N–H and O–H groups in total. The molecule has 4 heteroatoms. The van der Waals surface area contributed by atoms with Crippen molar-refractivity contribution >= 4 is 102 Å². The smallest absolute Gasteiger partial charge is 0.0555 e. The van der Waals surface area contributed by atoms with Crippen LogP contribution in [0.15, 0.2) is 158 Å². The predicted molar refractivity (Wildman–Crippen MR) is 201 cm³/mol. The Kier molecular flexibility index (Phi) is 5.65. The third-order valence-electron chi connectivity index (χ3n) is 9.16. The van der Waals surface area contributed by atoms with Crippen molar-refractivity contribution in [2.75, 3.05) is 4.90 Å². The summed E-state index contributed by atoms with van der Waals surface area (Å²) < 4.78 is 7.86. The lowest BCUT2D eigenvalue weighted by Crippen LogP contribution is -2.09. The number of fused-ring (bicyclic) bond motifs is 11. The Balaban J connectivity index is 1.34. The van der Waals surface area contributed by atoms with Crippen LogP contribution in [0.5, 0.6) is 0 Å². The van der Waals surface area contributed by atoms with Crippen molar-refractivity contribution in [2.45, 2.75) is 0 Å². The van der Waals surface area contributed by atoms with Crippen LogP contribution in [0.1, 0.15) is 0 Å². The second-order valence-corrected chi connectivity index (χ2v) is 13.8. The van der Waals surface area contributed by atoms with E-state index in [4.69, 9.17) is 0 Å². The molecule has 0 aliphatic heterocycles. The van der Waals surface area contributed by atoms with E-state index in [0.717, 1.165) is 17.1 Å². The highest BCUT2D eigenvalue weighted by molar-refractivity contribution is 7.30. The number of thiophene rings is 2. The lowest BCUT2D eigenvalue weighted by Gasteiger charge is -2.25. The SMILES string of the molecule is c1ccc(N(c2ccccc2)c2ccc3c(c2)c2c4sc5c(ccc6sc7ccccc7c65)c4ccc2n3-c2ccccc2)cc1. The Morgan fingerprint density at radius 2 is 1.00 bits per heavy atom. The molecule has 0 atom stereocenters. The minimum absolute atomic E-state index is 1.14. The molecule has 0 aliphatic carbocycles. The zero-order chi connectivity index (χ0) is 30.2. The Bertz CT molecular complexity index is 2700. The van der Waals surface area contributed by atoms with Crippen molar-refractivity contribution in [1.82, 2.24) is 4.57 Å². The van der Waals surface area contributed by atoms with Gasteiger partial charge in [0.2, 0.25) is 0 Å². The fraction of sp³-hybridized carbons (Fsp3) is 0. The fourth-order valence-electron chi connectivity index (χ4n) is 7.19. The highest BCUT2D eigenvalue weighted by Gasteiger charge is 2.21. The van der Waals surface area contributed by atoms with Crippen LogP contribution in [0.3, 0.4) is 0 Å². The van der Waals surface area contributed by atoms with E-state index in [1.807, 2.05) is 22.7 Å². The monoisotopic (exact) mass is 622 g/mol. The summed E-state index contributed by atoms with van der Waals surface area (Å²) in [5, 5.41) is 7.98. The summed E-state index contributed by atoms with van der Waals surface area (Å²) >= 11 is 3.84. The third kappa shape index (κ3) is 3.75. The lowest BCUT2D eigenvalue weighted by molar-refractivity contribution is 1.18. The van der Waals surface area contributed by atoms with E-state index in [0.29, 0.717) is 0 Å². The topological polar surface area (TPSA) is 8.17 Å². The molecule has 7 aromatic carbocycles. The Hall–Kier alpha value is -5.42. The molecule has 0 bridgehead atoms. The van der Waals surface area contributed by atoms with Gasteiger partial charge in [0.05, 0.1) is 11.0 Å². The molecular weight excluding hydrogens is 597 g/mol. The zero-order valence-corrected chi connectivity index (χ0v) is 26.4. The summed E-state index contributed by atoms with van der Waals surface area (Å²) in [6.45, 7) is 0. The van der Waals surface area contributed by atoms with Crippen LogP contribution in [-0.4, -0.2) is 4.57 Å². The van der Waals surface area contributed by atoms with Crippen LogP contribution in [0.25, 0.3) is 67.8 Å². The molecule has 46 heavy (non-hydrogen) atoms. The predicted octanol–water partition coefficient (Wildman–Crippen LogP) is 13.0. The average Bonchev–Trinajstić information content (AvgIpc) is 3.79. The lowest BCUT2D eigenvalue weighted by atomic mass is 10.1. The van der Waals surface area contributed by atoms with Crippen molar-refractivity contribution < 1.29 is 0 Å². The zero-order valence-electron chi connectivity index (χ0n) is 24.7. The number of benzene rings is 7. The standard InChI is InChI=1S/C42H26N2S2/c1-4-12-27(13-5-1)43(28-14-6-2-7-15-28)30-20-23-35-34(26-30)39-36(44(35)29-16-8-3-9-17-29)24-21-31-32-22-25-38-40(42(32)46-41(31)39)33-18-10-11-19-37(33)45-38/h1-26H. The quantitative estimate of drug-likeness (QED) is 0.190. The molecule has 3 heterocycles. The number of hydrogen-bond donors (Lipinski definition) is 0. The summed E-state index contributed by atoms with van der Waals surface area (Å²) in [5.41, 5.74) is 7.03. The van der Waals surface area contributed by atoms with Crippen molar-refractivity contribution in [3.05, 3.63) is 158 Å². The summed E-state index contributed by atoms with van der Waals surface area (Å²) in [4.78, 5) is 2.36. The van der Waals surface area contributed by atoms with Gasteiger partial charge in [-0.1, -0.05) is 84.9 Å². The normalized spacial score (nSPS) is 11.9. The molecule has 0 radical (unpaired) electrons. The van der Waals surface area contributed by atoms with Gasteiger partial charge in [-0.15, -0.1) is 22.7 Å². The largest absolute Gasteiger partial charge is 0.310 e. The summed E-state index contributed by atoms with van der Waals surface area (Å²) in [7, 11) is 0. The van der Waals surface area contributed by atoms with Gasteiger partial charge < -0.3 is 9.47 Å². The van der Waals surface area contributed by atoms with Gasteiger partial charge in [-0.2, -0.15) is 0 Å². The van der Waals surface area contributed by atoms with Crippen molar-refractivity contribution in [3.8, 4) is 5.69 Å². The molecule has 10 rings (SSSR count). The van der Waals surface area contributed by atoms with Gasteiger partial charge in [-0.25, -0.2) is 0 Å². The van der Waals surface area contributed by atoms with Crippen LogP contribution < -0.4 is 4.90 Å². The molecule has 10 aromatic rings. The van der Waals surface area contributed by atoms with Gasteiger partial charge in [0, 0.05) is 73.9 Å². The van der Waals surface area contributed by atoms with Gasteiger partial charge >= 0.3 is 0 Å². The molecule has 0 unspecified atom stereocenters. The molecule has 0 fully saturated rings. The number of aromatic nitrogens is 1. The van der Waals surface area contributed by atoms with E-state index >= 15 is 0 Å². The van der Waals surface area contributed by atoms with E-state index in [-0.39, 0.29) is 0 Å². The van der Waals surface area contributed by atoms with E-state index < -0.39 is 0 Å². The van der Waals surface area contributed by atoms with E-state index in [1.165, 1.54) is 67.8 Å². The molecule has 216 valence electrons. The first-order chi connectivity index (χ1) is 22.8. The Labute approximate surface area is 273 Å². The van der Waals surface area contributed by atoms with Crippen LogP contribution >= 0.6 is 22.7 Å². The maximum absolute atomic E-state index is 2.43. The minimum atomic E-state index is 1.14. The minimum Gasteiger partial charge on any atom is -0.310 e. The first-order valence-electron chi connectivity index (χ1n) is 15.5. The Morgan fingerprint density at radius 3 is 1.74 bits per heavy atom.